The van der Waals surface area contributed by atoms with Crippen molar-refractivity contribution in [2.75, 3.05) is 26.5 Å². The monoisotopic (exact) mass is 336 g/mol. The molecule has 0 bridgehead atoms. The molecule has 8 heteroatoms. The van der Waals surface area contributed by atoms with Gasteiger partial charge in [0.1, 0.15) is 27.4 Å². The lowest BCUT2D eigenvalue weighted by Gasteiger charge is -2.19. The number of rotatable bonds is 4. The molecular formula is C15H20N4O3S. The van der Waals surface area contributed by atoms with Gasteiger partial charge < -0.3 is 15.0 Å². The molecule has 0 aliphatic rings. The number of amides is 1. The highest BCUT2D eigenvalue weighted by Gasteiger charge is 2.22. The van der Waals surface area contributed by atoms with Gasteiger partial charge in [-0.25, -0.2) is 14.8 Å². The summed E-state index contributed by atoms with van der Waals surface area (Å²) < 4.78 is 4.81. The molecule has 23 heavy (non-hydrogen) atoms. The van der Waals surface area contributed by atoms with Crippen molar-refractivity contribution in [1.29, 1.82) is 0 Å². The molecule has 2 rings (SSSR count). The molecule has 2 aromatic heterocycles. The predicted molar refractivity (Wildman–Crippen MR) is 90.0 cm³/mol. The lowest BCUT2D eigenvalue weighted by Crippen LogP contribution is -2.37. The topological polar surface area (TPSA) is 84.4 Å². The quantitative estimate of drug-likeness (QED) is 0.860. The van der Waals surface area contributed by atoms with Gasteiger partial charge in [-0.15, -0.1) is 11.3 Å². The molecule has 2 heterocycles. The molecule has 2 aromatic rings. The van der Waals surface area contributed by atoms with Crippen LogP contribution in [0.2, 0.25) is 0 Å². The van der Waals surface area contributed by atoms with E-state index < -0.39 is 12.0 Å². The SMILES string of the molecule is COC(=O)c1sc2nc(C)nc(N[C@H](C)C(=O)N(C)C)c2c1C. The minimum Gasteiger partial charge on any atom is -0.465 e. The third-order valence-electron chi connectivity index (χ3n) is 3.44. The fourth-order valence-corrected chi connectivity index (χ4v) is 3.44. The Hall–Kier alpha value is -2.22. The molecule has 0 aliphatic carbocycles. The number of aromatic nitrogens is 2. The smallest absolute Gasteiger partial charge is 0.348 e. The summed E-state index contributed by atoms with van der Waals surface area (Å²) in [6.07, 6.45) is 0. The van der Waals surface area contributed by atoms with Crippen LogP contribution in [-0.4, -0.2) is 54.0 Å². The molecule has 0 fully saturated rings. The van der Waals surface area contributed by atoms with Crippen LogP contribution < -0.4 is 5.32 Å². The minimum absolute atomic E-state index is 0.0597. The van der Waals surface area contributed by atoms with Crippen LogP contribution in [0.4, 0.5) is 5.82 Å². The molecule has 1 atom stereocenters. The van der Waals surface area contributed by atoms with Gasteiger partial charge in [-0.1, -0.05) is 0 Å². The second kappa shape index (κ2) is 6.49. The Morgan fingerprint density at radius 1 is 1.26 bits per heavy atom. The normalized spacial score (nSPS) is 12.1. The Balaban J connectivity index is 2.53. The number of nitrogens with one attached hydrogen (secondary N) is 1. The predicted octanol–water partition coefficient (Wildman–Crippen LogP) is 1.98. The van der Waals surface area contributed by atoms with Crippen LogP contribution in [0, 0.1) is 13.8 Å². The standard InChI is InChI=1S/C15H20N4O3S/c1-7-10-12(16-8(2)14(20)19(4)5)17-9(3)18-13(10)23-11(7)15(21)22-6/h8H,1-6H3,(H,16,17,18)/t8-/m1/s1. The number of methoxy groups -OCH3 is 1. The van der Waals surface area contributed by atoms with E-state index in [1.807, 2.05) is 6.92 Å². The first-order valence-corrected chi connectivity index (χ1v) is 7.91. The number of carbonyl (C=O) groups is 2. The van der Waals surface area contributed by atoms with Crippen molar-refractivity contribution in [3.05, 3.63) is 16.3 Å². The maximum Gasteiger partial charge on any atom is 0.348 e. The molecule has 0 saturated carbocycles. The van der Waals surface area contributed by atoms with Crippen LogP contribution in [0.1, 0.15) is 28.0 Å². The summed E-state index contributed by atoms with van der Waals surface area (Å²) in [5.74, 6) is 0.670. The van der Waals surface area contributed by atoms with Crippen molar-refractivity contribution in [1.82, 2.24) is 14.9 Å². The number of likely N-dealkylation sites (N-methyl/N-ethyl adjacent to an activating group) is 1. The molecule has 0 saturated heterocycles. The second-order valence-electron chi connectivity index (χ2n) is 5.45. The highest BCUT2D eigenvalue weighted by Crippen LogP contribution is 2.34. The molecule has 0 aliphatic heterocycles. The van der Waals surface area contributed by atoms with Gasteiger partial charge >= 0.3 is 5.97 Å². The molecule has 7 nitrogen and oxygen atoms in total. The van der Waals surface area contributed by atoms with E-state index in [0.717, 1.165) is 10.9 Å². The highest BCUT2D eigenvalue weighted by molar-refractivity contribution is 7.20. The molecule has 0 aromatic carbocycles. The highest BCUT2D eigenvalue weighted by atomic mass is 32.1. The van der Waals surface area contributed by atoms with Crippen LogP contribution in [0.5, 0.6) is 0 Å². The maximum atomic E-state index is 12.1. The van der Waals surface area contributed by atoms with Gasteiger partial charge in [0, 0.05) is 14.1 Å². The molecule has 0 unspecified atom stereocenters. The lowest BCUT2D eigenvalue weighted by atomic mass is 10.2. The van der Waals surface area contributed by atoms with E-state index in [1.165, 1.54) is 23.3 Å². The lowest BCUT2D eigenvalue weighted by molar-refractivity contribution is -0.129. The average molecular weight is 336 g/mol. The summed E-state index contributed by atoms with van der Waals surface area (Å²) in [4.78, 5) is 35.4. The van der Waals surface area contributed by atoms with Crippen molar-refractivity contribution in [3.63, 3.8) is 0 Å². The van der Waals surface area contributed by atoms with Crippen molar-refractivity contribution in [2.45, 2.75) is 26.8 Å². The number of fused-ring (bicyclic) bond motifs is 1. The van der Waals surface area contributed by atoms with Crippen LogP contribution in [-0.2, 0) is 9.53 Å². The van der Waals surface area contributed by atoms with E-state index >= 15 is 0 Å². The summed E-state index contributed by atoms with van der Waals surface area (Å²) in [6, 6.07) is -0.441. The Kier molecular flexibility index (Phi) is 4.84. The number of thiophene rings is 1. The zero-order valence-corrected chi connectivity index (χ0v) is 14.9. The van der Waals surface area contributed by atoms with E-state index in [9.17, 15) is 9.59 Å². The third kappa shape index (κ3) is 3.26. The Bertz CT molecular complexity index is 770. The zero-order valence-electron chi connectivity index (χ0n) is 14.1. The fourth-order valence-electron chi connectivity index (χ4n) is 2.29. The van der Waals surface area contributed by atoms with Crippen LogP contribution >= 0.6 is 11.3 Å². The Morgan fingerprint density at radius 3 is 2.48 bits per heavy atom. The van der Waals surface area contributed by atoms with E-state index in [2.05, 4.69) is 15.3 Å². The summed E-state index contributed by atoms with van der Waals surface area (Å²) >= 11 is 1.27. The van der Waals surface area contributed by atoms with Crippen LogP contribution in [0.25, 0.3) is 10.2 Å². The van der Waals surface area contributed by atoms with Gasteiger partial charge in [-0.2, -0.15) is 0 Å². The Labute approximate surface area is 138 Å². The van der Waals surface area contributed by atoms with Gasteiger partial charge in [-0.3, -0.25) is 4.79 Å². The maximum absolute atomic E-state index is 12.1. The summed E-state index contributed by atoms with van der Waals surface area (Å²) in [5.41, 5.74) is 0.754. The number of esters is 1. The number of hydrogen-bond donors (Lipinski definition) is 1. The number of anilines is 1. The van der Waals surface area contributed by atoms with Crippen molar-refractivity contribution >= 4 is 39.2 Å². The largest absolute Gasteiger partial charge is 0.465 e. The van der Waals surface area contributed by atoms with Crippen LogP contribution in [0.15, 0.2) is 0 Å². The van der Waals surface area contributed by atoms with Crippen molar-refractivity contribution in [3.8, 4) is 0 Å². The van der Waals surface area contributed by atoms with Gasteiger partial charge in [0.25, 0.3) is 0 Å². The average Bonchev–Trinajstić information content (AvgIpc) is 2.82. The Morgan fingerprint density at radius 2 is 1.91 bits per heavy atom. The minimum atomic E-state index is -0.441. The molecule has 0 spiro atoms. The first-order valence-electron chi connectivity index (χ1n) is 7.10. The number of aryl methyl sites for hydroxylation is 2. The van der Waals surface area contributed by atoms with Gasteiger partial charge in [0.05, 0.1) is 12.5 Å². The molecular weight excluding hydrogens is 316 g/mol. The first-order chi connectivity index (χ1) is 10.8. The number of carbonyl (C=O) groups excluding carboxylic acids is 2. The third-order valence-corrected chi connectivity index (χ3v) is 4.60. The molecule has 1 amide bonds. The van der Waals surface area contributed by atoms with E-state index in [0.29, 0.717) is 21.3 Å². The molecule has 0 radical (unpaired) electrons. The summed E-state index contributed by atoms with van der Waals surface area (Å²) in [7, 11) is 4.75. The number of ether oxygens (including phenoxy) is 1. The number of hydrogen-bond acceptors (Lipinski definition) is 7. The fraction of sp³-hybridized carbons (Fsp3) is 0.467. The molecule has 1 N–H and O–H groups in total. The van der Waals surface area contributed by atoms with Crippen molar-refractivity contribution < 1.29 is 14.3 Å². The van der Waals surface area contributed by atoms with Gasteiger partial charge in [-0.05, 0) is 26.3 Å². The number of nitrogens with zero attached hydrogens (tertiary/aromatic N) is 3. The van der Waals surface area contributed by atoms with Crippen molar-refractivity contribution in [2.24, 2.45) is 0 Å². The zero-order chi connectivity index (χ0) is 17.3. The van der Waals surface area contributed by atoms with Gasteiger partial charge in [0.2, 0.25) is 5.91 Å². The summed E-state index contributed by atoms with van der Waals surface area (Å²) in [6.45, 7) is 5.37. The van der Waals surface area contributed by atoms with Crippen LogP contribution in [0.3, 0.4) is 0 Å². The van der Waals surface area contributed by atoms with E-state index in [1.54, 1.807) is 27.9 Å². The van der Waals surface area contributed by atoms with E-state index in [-0.39, 0.29) is 5.91 Å². The van der Waals surface area contributed by atoms with Gasteiger partial charge in [0.15, 0.2) is 0 Å². The summed E-state index contributed by atoms with van der Waals surface area (Å²) in [5, 5.41) is 3.88. The first kappa shape index (κ1) is 17.1. The molecule has 124 valence electrons. The van der Waals surface area contributed by atoms with E-state index in [4.69, 9.17) is 4.74 Å². The second-order valence-corrected chi connectivity index (χ2v) is 6.45.